The van der Waals surface area contributed by atoms with Crippen molar-refractivity contribution in [1.82, 2.24) is 19.4 Å². The van der Waals surface area contributed by atoms with Crippen LogP contribution in [0.25, 0.3) is 10.9 Å². The fraction of sp³-hybridized carbons (Fsp3) is 0.364. The highest BCUT2D eigenvalue weighted by Gasteiger charge is 2.35. The molecule has 2 aliphatic heterocycles. The van der Waals surface area contributed by atoms with E-state index < -0.39 is 30.5 Å². The third-order valence-corrected chi connectivity index (χ3v) is 6.04. The van der Waals surface area contributed by atoms with E-state index in [1.54, 1.807) is 35.0 Å². The van der Waals surface area contributed by atoms with Crippen LogP contribution in [0.3, 0.4) is 0 Å². The van der Waals surface area contributed by atoms with Gasteiger partial charge in [-0.15, -0.1) is 0 Å². The van der Waals surface area contributed by atoms with Crippen molar-refractivity contribution in [3.8, 4) is 5.75 Å². The number of nitrogens with one attached hydrogen (secondary N) is 2. The molecular formula is C22H22F3N7O3. The van der Waals surface area contributed by atoms with Gasteiger partial charge in [-0.3, -0.25) is 9.59 Å². The average Bonchev–Trinajstić information content (AvgIpc) is 2.99. The Morgan fingerprint density at radius 3 is 2.77 bits per heavy atom. The van der Waals surface area contributed by atoms with Gasteiger partial charge in [0.25, 0.3) is 11.5 Å². The number of halogens is 3. The van der Waals surface area contributed by atoms with Crippen LogP contribution >= 0.6 is 0 Å². The molecule has 3 aromatic rings. The third kappa shape index (κ3) is 4.17. The highest BCUT2D eigenvalue weighted by Crippen LogP contribution is 2.36. The van der Waals surface area contributed by atoms with Crippen molar-refractivity contribution in [2.24, 2.45) is 7.05 Å². The molecule has 0 spiro atoms. The molecule has 5 rings (SSSR count). The number of ether oxygens (including phenoxy) is 1. The molecule has 13 heteroatoms. The summed E-state index contributed by atoms with van der Waals surface area (Å²) < 4.78 is 48.9. The van der Waals surface area contributed by atoms with E-state index in [1.807, 2.05) is 0 Å². The standard InChI is InChI=1S/C22H22F3N7O3/c1-30-5-6-32(9-16(30)33)21-26-8-14(23)19(29-21)28-12-3-4-15-13(7-12)17-18(20(34)31(15)2)35-11-22(24,25)10-27-17/h3-4,7-8,27H,5-6,9-11H2,1-2H3,(H,26,28,29). The van der Waals surface area contributed by atoms with Gasteiger partial charge in [0.15, 0.2) is 18.2 Å². The minimum Gasteiger partial charge on any atom is -0.480 e. The molecule has 35 heavy (non-hydrogen) atoms. The Balaban J connectivity index is 1.51. The summed E-state index contributed by atoms with van der Waals surface area (Å²) in [6.45, 7) is -0.554. The molecule has 1 saturated heterocycles. The Morgan fingerprint density at radius 1 is 1.20 bits per heavy atom. The molecule has 0 radical (unpaired) electrons. The van der Waals surface area contributed by atoms with Crippen molar-refractivity contribution < 1.29 is 22.7 Å². The van der Waals surface area contributed by atoms with Crippen LogP contribution in [-0.2, 0) is 11.8 Å². The average molecular weight is 489 g/mol. The molecule has 4 heterocycles. The lowest BCUT2D eigenvalue weighted by atomic mass is 10.1. The van der Waals surface area contributed by atoms with Crippen molar-refractivity contribution >= 4 is 40.0 Å². The number of amides is 1. The third-order valence-electron chi connectivity index (χ3n) is 6.04. The molecule has 0 atom stereocenters. The number of anilines is 4. The molecular weight excluding hydrogens is 467 g/mol. The molecule has 1 fully saturated rings. The Morgan fingerprint density at radius 2 is 2.00 bits per heavy atom. The number of piperazine rings is 1. The van der Waals surface area contributed by atoms with Gasteiger partial charge in [0, 0.05) is 38.3 Å². The van der Waals surface area contributed by atoms with Crippen LogP contribution in [-0.4, -0.2) is 71.1 Å². The van der Waals surface area contributed by atoms with Crippen LogP contribution in [0.15, 0.2) is 29.2 Å². The number of pyridine rings is 1. The number of rotatable bonds is 3. The fourth-order valence-corrected chi connectivity index (χ4v) is 4.02. The SMILES string of the molecule is CN1CCN(c2ncc(F)c(Nc3ccc4c(c3)c3c(c(=O)n4C)OCC(F)(F)CN3)n2)CC1=O. The zero-order valence-corrected chi connectivity index (χ0v) is 18.9. The maximum Gasteiger partial charge on any atom is 0.298 e. The molecule has 184 valence electrons. The van der Waals surface area contributed by atoms with Gasteiger partial charge in [0.05, 0.1) is 30.5 Å². The second-order valence-corrected chi connectivity index (χ2v) is 8.53. The van der Waals surface area contributed by atoms with E-state index in [0.717, 1.165) is 6.20 Å². The number of aryl methyl sites for hydroxylation is 1. The van der Waals surface area contributed by atoms with Gasteiger partial charge in [0.2, 0.25) is 17.6 Å². The first-order valence-corrected chi connectivity index (χ1v) is 10.8. The molecule has 0 unspecified atom stereocenters. The zero-order valence-electron chi connectivity index (χ0n) is 18.9. The van der Waals surface area contributed by atoms with E-state index >= 15 is 0 Å². The summed E-state index contributed by atoms with van der Waals surface area (Å²) in [5.74, 6) is -4.09. The number of carbonyl (C=O) groups is 1. The predicted octanol–water partition coefficient (Wildman–Crippen LogP) is 1.93. The van der Waals surface area contributed by atoms with Gasteiger partial charge in [-0.05, 0) is 18.2 Å². The lowest BCUT2D eigenvalue weighted by Gasteiger charge is -2.32. The number of fused-ring (bicyclic) bond motifs is 3. The van der Waals surface area contributed by atoms with Gasteiger partial charge in [-0.2, -0.15) is 4.98 Å². The molecule has 10 nitrogen and oxygen atoms in total. The van der Waals surface area contributed by atoms with Gasteiger partial charge >= 0.3 is 0 Å². The summed E-state index contributed by atoms with van der Waals surface area (Å²) in [5.41, 5.74) is 0.463. The van der Waals surface area contributed by atoms with Crippen LogP contribution in [0.1, 0.15) is 0 Å². The summed E-state index contributed by atoms with van der Waals surface area (Å²) in [6, 6.07) is 4.82. The Hall–Kier alpha value is -4.03. The summed E-state index contributed by atoms with van der Waals surface area (Å²) >= 11 is 0. The topological polar surface area (TPSA) is 105 Å². The Labute approximate surface area is 197 Å². The van der Waals surface area contributed by atoms with Crippen LogP contribution < -0.4 is 25.8 Å². The Bertz CT molecular complexity index is 1390. The molecule has 0 saturated carbocycles. The molecule has 1 amide bonds. The predicted molar refractivity (Wildman–Crippen MR) is 123 cm³/mol. The number of likely N-dealkylation sites (N-methyl/N-ethyl adjacent to an activating group) is 1. The minimum atomic E-state index is -3.16. The normalized spacial score (nSPS) is 17.5. The second-order valence-electron chi connectivity index (χ2n) is 8.53. The minimum absolute atomic E-state index is 0.0774. The smallest absolute Gasteiger partial charge is 0.298 e. The second kappa shape index (κ2) is 8.32. The number of benzene rings is 1. The molecule has 0 aliphatic carbocycles. The van der Waals surface area contributed by atoms with Crippen molar-refractivity contribution in [2.45, 2.75) is 5.92 Å². The van der Waals surface area contributed by atoms with Crippen LogP contribution in [0.2, 0.25) is 0 Å². The van der Waals surface area contributed by atoms with Crippen LogP contribution in [0, 0.1) is 5.82 Å². The maximum absolute atomic E-state index is 14.6. The molecule has 2 aromatic heterocycles. The molecule has 2 aliphatic rings. The molecule has 2 N–H and O–H groups in total. The highest BCUT2D eigenvalue weighted by atomic mass is 19.3. The van der Waals surface area contributed by atoms with Crippen molar-refractivity contribution in [2.75, 3.05) is 55.4 Å². The van der Waals surface area contributed by atoms with Gasteiger partial charge in [0.1, 0.15) is 0 Å². The van der Waals surface area contributed by atoms with Crippen molar-refractivity contribution in [3.63, 3.8) is 0 Å². The summed E-state index contributed by atoms with van der Waals surface area (Å²) in [4.78, 5) is 36.2. The lowest BCUT2D eigenvalue weighted by Crippen LogP contribution is -2.49. The van der Waals surface area contributed by atoms with E-state index in [0.29, 0.717) is 29.7 Å². The van der Waals surface area contributed by atoms with E-state index in [-0.39, 0.29) is 35.7 Å². The number of nitrogens with zero attached hydrogens (tertiary/aromatic N) is 5. The van der Waals surface area contributed by atoms with Crippen LogP contribution in [0.5, 0.6) is 5.75 Å². The number of aromatic nitrogens is 3. The molecule has 0 bridgehead atoms. The van der Waals surface area contributed by atoms with E-state index in [9.17, 15) is 22.8 Å². The number of carbonyl (C=O) groups excluding carboxylic acids is 1. The molecule has 1 aromatic carbocycles. The summed E-state index contributed by atoms with van der Waals surface area (Å²) in [7, 11) is 3.22. The van der Waals surface area contributed by atoms with Crippen LogP contribution in [0.4, 0.5) is 36.3 Å². The van der Waals surface area contributed by atoms with Gasteiger partial charge in [-0.25, -0.2) is 18.2 Å². The number of alkyl halides is 2. The van der Waals surface area contributed by atoms with E-state index in [1.165, 1.54) is 11.6 Å². The Kier molecular flexibility index (Phi) is 5.41. The monoisotopic (exact) mass is 489 g/mol. The van der Waals surface area contributed by atoms with Crippen molar-refractivity contribution in [1.29, 1.82) is 0 Å². The first-order valence-electron chi connectivity index (χ1n) is 10.8. The van der Waals surface area contributed by atoms with Gasteiger partial charge < -0.3 is 29.7 Å². The van der Waals surface area contributed by atoms with Gasteiger partial charge in [-0.1, -0.05) is 0 Å². The summed E-state index contributed by atoms with van der Waals surface area (Å²) in [5, 5.41) is 5.95. The van der Waals surface area contributed by atoms with E-state index in [4.69, 9.17) is 4.74 Å². The first-order chi connectivity index (χ1) is 16.6. The first kappa shape index (κ1) is 22.7. The summed E-state index contributed by atoms with van der Waals surface area (Å²) in [6.07, 6.45) is 1.02. The van der Waals surface area contributed by atoms with Crippen molar-refractivity contribution in [3.05, 3.63) is 40.6 Å². The van der Waals surface area contributed by atoms with E-state index in [2.05, 4.69) is 20.6 Å². The maximum atomic E-state index is 14.6. The largest absolute Gasteiger partial charge is 0.480 e. The number of hydrogen-bond acceptors (Lipinski definition) is 8. The highest BCUT2D eigenvalue weighted by molar-refractivity contribution is 5.97. The number of hydrogen-bond donors (Lipinski definition) is 2. The quantitative estimate of drug-likeness (QED) is 0.575. The fourth-order valence-electron chi connectivity index (χ4n) is 4.02. The lowest BCUT2D eigenvalue weighted by molar-refractivity contribution is -0.129. The zero-order chi connectivity index (χ0) is 24.9.